The standard InChI is InChI=1S/C14H14N6O6S/c1-3-5-4-27-12-7(11(22)20(12)8(5)13(23)24)16-10(21)6(18-25-2)9-17-14(15)26-19-9/h3,7,12H,1,4H2,2H3,(H,16,21)(H,23,24)(H2,15,17,19)/t7?,12-/m1/s1. The number of β-lactam (4-membered cyclic amide) rings is 1. The molecule has 0 aromatic carbocycles. The lowest BCUT2D eigenvalue weighted by Gasteiger charge is -2.49. The Hall–Kier alpha value is -3.35. The van der Waals surface area contributed by atoms with Crippen molar-refractivity contribution in [1.29, 1.82) is 0 Å². The summed E-state index contributed by atoms with van der Waals surface area (Å²) in [5.74, 6) is -2.48. The zero-order valence-corrected chi connectivity index (χ0v) is 14.7. The zero-order valence-electron chi connectivity index (χ0n) is 13.9. The summed E-state index contributed by atoms with van der Waals surface area (Å²) in [7, 11) is 1.21. The minimum atomic E-state index is -1.24. The number of amides is 2. The summed E-state index contributed by atoms with van der Waals surface area (Å²) in [5, 5.41) is 18.3. The van der Waals surface area contributed by atoms with Crippen LogP contribution in [-0.4, -0.2) is 67.9 Å². The first-order valence-electron chi connectivity index (χ1n) is 7.44. The van der Waals surface area contributed by atoms with Gasteiger partial charge in [-0.05, 0) is 5.57 Å². The number of fused-ring (bicyclic) bond motifs is 1. The number of aliphatic carboxylic acids is 1. The van der Waals surface area contributed by atoms with Crippen molar-refractivity contribution in [1.82, 2.24) is 20.4 Å². The number of allylic oxidation sites excluding steroid dienone is 1. The van der Waals surface area contributed by atoms with E-state index in [0.29, 0.717) is 11.3 Å². The minimum absolute atomic E-state index is 0.138. The number of carbonyl (C=O) groups excluding carboxylic acids is 2. The van der Waals surface area contributed by atoms with Crippen molar-refractivity contribution < 1.29 is 28.9 Å². The van der Waals surface area contributed by atoms with E-state index < -0.39 is 29.2 Å². The fourth-order valence-corrected chi connectivity index (χ4v) is 3.96. The topological polar surface area (TPSA) is 173 Å². The summed E-state index contributed by atoms with van der Waals surface area (Å²) < 4.78 is 4.60. The Morgan fingerprint density at radius 2 is 2.33 bits per heavy atom. The number of oxime groups is 1. The van der Waals surface area contributed by atoms with Crippen molar-refractivity contribution in [2.75, 3.05) is 18.6 Å². The molecule has 2 aliphatic rings. The van der Waals surface area contributed by atoms with E-state index in [2.05, 4.69) is 36.6 Å². The van der Waals surface area contributed by atoms with Crippen molar-refractivity contribution >= 4 is 41.3 Å². The van der Waals surface area contributed by atoms with Crippen molar-refractivity contribution in [3.8, 4) is 0 Å². The number of carboxylic acid groups (broad SMARTS) is 1. The second-order valence-corrected chi connectivity index (χ2v) is 6.43. The number of nitrogens with one attached hydrogen (secondary N) is 1. The van der Waals surface area contributed by atoms with E-state index >= 15 is 0 Å². The van der Waals surface area contributed by atoms with Gasteiger partial charge >= 0.3 is 12.0 Å². The van der Waals surface area contributed by atoms with Gasteiger partial charge in [-0.15, -0.1) is 11.8 Å². The van der Waals surface area contributed by atoms with E-state index in [0.717, 1.165) is 4.90 Å². The highest BCUT2D eigenvalue weighted by Crippen LogP contribution is 2.40. The average Bonchev–Trinajstić information content (AvgIpc) is 3.08. The largest absolute Gasteiger partial charge is 0.477 e. The van der Waals surface area contributed by atoms with E-state index in [9.17, 15) is 19.5 Å². The van der Waals surface area contributed by atoms with E-state index in [4.69, 9.17) is 5.73 Å². The number of rotatable bonds is 6. The normalized spacial score (nSPS) is 22.0. The number of aromatic nitrogens is 2. The average molecular weight is 394 g/mol. The zero-order chi connectivity index (χ0) is 19.7. The van der Waals surface area contributed by atoms with Crippen LogP contribution in [0.4, 0.5) is 6.01 Å². The summed E-state index contributed by atoms with van der Waals surface area (Å²) in [4.78, 5) is 45.9. The van der Waals surface area contributed by atoms with Crippen LogP contribution in [0.25, 0.3) is 0 Å². The summed E-state index contributed by atoms with van der Waals surface area (Å²) >= 11 is 1.30. The van der Waals surface area contributed by atoms with Crippen LogP contribution < -0.4 is 11.1 Å². The van der Waals surface area contributed by atoms with Gasteiger partial charge in [0.2, 0.25) is 11.5 Å². The maximum absolute atomic E-state index is 12.5. The molecular formula is C14H14N6O6S. The van der Waals surface area contributed by atoms with Gasteiger partial charge in [0.1, 0.15) is 24.2 Å². The van der Waals surface area contributed by atoms with E-state index in [1.54, 1.807) is 0 Å². The second kappa shape index (κ2) is 7.11. The van der Waals surface area contributed by atoms with Crippen LogP contribution in [0.3, 0.4) is 0 Å². The molecule has 2 aliphatic heterocycles. The number of nitrogen functional groups attached to an aromatic ring is 1. The maximum Gasteiger partial charge on any atom is 0.352 e. The van der Waals surface area contributed by atoms with Gasteiger partial charge in [-0.25, -0.2) is 4.79 Å². The molecule has 1 aromatic heterocycles. The van der Waals surface area contributed by atoms with E-state index in [1.807, 2.05) is 0 Å². The van der Waals surface area contributed by atoms with Crippen LogP contribution in [0, 0.1) is 0 Å². The molecule has 3 heterocycles. The number of carbonyl (C=O) groups is 3. The molecule has 27 heavy (non-hydrogen) atoms. The molecule has 2 amide bonds. The highest BCUT2D eigenvalue weighted by molar-refractivity contribution is 8.00. The Morgan fingerprint density at radius 1 is 1.59 bits per heavy atom. The molecule has 0 radical (unpaired) electrons. The third-order valence-electron chi connectivity index (χ3n) is 3.78. The molecule has 4 N–H and O–H groups in total. The van der Waals surface area contributed by atoms with Crippen molar-refractivity contribution in [3.63, 3.8) is 0 Å². The van der Waals surface area contributed by atoms with Crippen LogP contribution in [-0.2, 0) is 19.2 Å². The molecule has 0 aliphatic carbocycles. The number of carboxylic acids is 1. The molecular weight excluding hydrogens is 380 g/mol. The lowest BCUT2D eigenvalue weighted by Crippen LogP contribution is -2.71. The summed E-state index contributed by atoms with van der Waals surface area (Å²) in [5.41, 5.74) is 5.29. The first kappa shape index (κ1) is 18.4. The number of nitrogens with zero attached hydrogens (tertiary/aromatic N) is 4. The Kier molecular flexibility index (Phi) is 4.85. The number of nitrogens with two attached hydrogens (primary N) is 1. The van der Waals surface area contributed by atoms with Crippen LogP contribution in [0.1, 0.15) is 5.82 Å². The molecule has 12 nitrogen and oxygen atoms in total. The van der Waals surface area contributed by atoms with Gasteiger partial charge < -0.3 is 25.5 Å². The summed E-state index contributed by atoms with van der Waals surface area (Å²) in [6, 6.07) is -1.22. The molecule has 0 bridgehead atoms. The number of hydrogen-bond acceptors (Lipinski definition) is 10. The lowest BCUT2D eigenvalue weighted by molar-refractivity contribution is -0.150. The van der Waals surface area contributed by atoms with Crippen LogP contribution in [0.2, 0.25) is 0 Å². The molecule has 3 rings (SSSR count). The predicted molar refractivity (Wildman–Crippen MR) is 92.1 cm³/mol. The van der Waals surface area contributed by atoms with Gasteiger partial charge in [0.05, 0.1) is 0 Å². The predicted octanol–water partition coefficient (Wildman–Crippen LogP) is -1.07. The molecule has 1 fully saturated rings. The molecule has 1 saturated heterocycles. The van der Waals surface area contributed by atoms with Gasteiger partial charge in [0, 0.05) is 5.75 Å². The van der Waals surface area contributed by atoms with Crippen molar-refractivity contribution in [2.24, 2.45) is 5.16 Å². The molecule has 2 atom stereocenters. The molecule has 142 valence electrons. The fraction of sp³-hybridized carbons (Fsp3) is 0.286. The van der Waals surface area contributed by atoms with E-state index in [1.165, 1.54) is 24.9 Å². The molecule has 1 aromatic rings. The molecule has 13 heteroatoms. The van der Waals surface area contributed by atoms with Crippen LogP contribution in [0.15, 0.2) is 33.6 Å². The van der Waals surface area contributed by atoms with E-state index in [-0.39, 0.29) is 23.2 Å². The minimum Gasteiger partial charge on any atom is -0.477 e. The quantitative estimate of drug-likeness (QED) is 0.306. The number of anilines is 1. The second-order valence-electron chi connectivity index (χ2n) is 5.32. The summed E-state index contributed by atoms with van der Waals surface area (Å²) in [6.07, 6.45) is 1.40. The monoisotopic (exact) mass is 394 g/mol. The fourth-order valence-electron chi connectivity index (χ4n) is 2.62. The Balaban J connectivity index is 1.80. The molecule has 1 unspecified atom stereocenters. The SMILES string of the molecule is C=CC1=C(C(=O)O)N2C(=O)C(NC(=O)C(=NOC)c3noc(N)n3)[C@H]2SC1. The summed E-state index contributed by atoms with van der Waals surface area (Å²) in [6.45, 7) is 3.57. The third-order valence-corrected chi connectivity index (χ3v) is 5.09. The molecule has 0 saturated carbocycles. The van der Waals surface area contributed by atoms with Gasteiger partial charge in [-0.1, -0.05) is 23.0 Å². The lowest BCUT2D eigenvalue weighted by atomic mass is 10.0. The van der Waals surface area contributed by atoms with Crippen molar-refractivity contribution in [2.45, 2.75) is 11.4 Å². The Morgan fingerprint density at radius 3 is 2.89 bits per heavy atom. The Bertz CT molecular complexity index is 892. The smallest absolute Gasteiger partial charge is 0.352 e. The van der Waals surface area contributed by atoms with Gasteiger partial charge in [0.25, 0.3) is 11.8 Å². The van der Waals surface area contributed by atoms with Gasteiger partial charge in [-0.3, -0.25) is 14.5 Å². The van der Waals surface area contributed by atoms with Crippen molar-refractivity contribution in [3.05, 3.63) is 29.7 Å². The third kappa shape index (κ3) is 3.12. The van der Waals surface area contributed by atoms with Gasteiger partial charge in [-0.2, -0.15) is 4.98 Å². The highest BCUT2D eigenvalue weighted by Gasteiger charge is 2.54. The van der Waals surface area contributed by atoms with Gasteiger partial charge in [0.15, 0.2) is 0 Å². The molecule has 0 spiro atoms. The number of thioether (sulfide) groups is 1. The van der Waals surface area contributed by atoms with Crippen LogP contribution >= 0.6 is 11.8 Å². The highest BCUT2D eigenvalue weighted by atomic mass is 32.2. The first-order chi connectivity index (χ1) is 12.9. The maximum atomic E-state index is 12.5. The Labute approximate surface area is 156 Å². The van der Waals surface area contributed by atoms with Crippen LogP contribution in [0.5, 0.6) is 0 Å². The first-order valence-corrected chi connectivity index (χ1v) is 8.49. The number of hydrogen-bond donors (Lipinski definition) is 3.